The van der Waals surface area contributed by atoms with Crippen LogP contribution in [0, 0.1) is 6.92 Å². The van der Waals surface area contributed by atoms with Crippen LogP contribution in [0.4, 0.5) is 0 Å². The van der Waals surface area contributed by atoms with E-state index < -0.39 is 6.10 Å². The Kier molecular flexibility index (Phi) is 5.25. The Balaban J connectivity index is 1.65. The molecule has 26 heavy (non-hydrogen) atoms. The monoisotopic (exact) mass is 356 g/mol. The summed E-state index contributed by atoms with van der Waals surface area (Å²) in [5.41, 5.74) is 3.69. The third-order valence-corrected chi connectivity index (χ3v) is 4.65. The van der Waals surface area contributed by atoms with Gasteiger partial charge in [0, 0.05) is 43.4 Å². The zero-order valence-corrected chi connectivity index (χ0v) is 15.6. The Bertz CT molecular complexity index is 828. The minimum absolute atomic E-state index is 0.0951. The molecule has 1 unspecified atom stereocenters. The number of nitrogens with zero attached hydrogens (tertiary/aromatic N) is 4. The minimum atomic E-state index is -0.610. The molecule has 0 spiro atoms. The molecule has 0 radical (unpaired) electrons. The third kappa shape index (κ3) is 3.42. The normalized spacial score (nSPS) is 16.2. The van der Waals surface area contributed by atoms with Crippen molar-refractivity contribution in [3.63, 3.8) is 0 Å². The summed E-state index contributed by atoms with van der Waals surface area (Å²) in [6.45, 7) is 5.36. The van der Waals surface area contributed by atoms with Crippen LogP contribution >= 0.6 is 0 Å². The molecule has 0 N–H and O–H groups in total. The van der Waals surface area contributed by atoms with Crippen molar-refractivity contribution >= 4 is 11.6 Å². The number of rotatable bonds is 6. The predicted octanol–water partition coefficient (Wildman–Crippen LogP) is 2.37. The molecule has 1 aliphatic rings. The Hall–Kier alpha value is -2.83. The Morgan fingerprint density at radius 3 is 2.88 bits per heavy atom. The molecular weight excluding hydrogens is 332 g/mol. The Morgan fingerprint density at radius 2 is 2.19 bits per heavy atom. The van der Waals surface area contributed by atoms with Crippen LogP contribution in [-0.2, 0) is 22.7 Å². The van der Waals surface area contributed by atoms with Crippen LogP contribution in [0.2, 0.25) is 0 Å². The van der Waals surface area contributed by atoms with Gasteiger partial charge in [0.15, 0.2) is 0 Å². The summed E-state index contributed by atoms with van der Waals surface area (Å²) in [7, 11) is 3.39. The van der Waals surface area contributed by atoms with Crippen LogP contribution in [0.5, 0.6) is 5.75 Å². The maximum absolute atomic E-state index is 12.7. The second-order valence-corrected chi connectivity index (χ2v) is 6.30. The third-order valence-electron chi connectivity index (χ3n) is 4.65. The number of para-hydroxylation sites is 1. The number of carbonyl (C=O) groups excluding carboxylic acids is 1. The number of hydrogen-bond donors (Lipinski definition) is 0. The van der Waals surface area contributed by atoms with E-state index in [1.165, 1.54) is 0 Å². The van der Waals surface area contributed by atoms with Gasteiger partial charge in [-0.15, -0.1) is 0 Å². The van der Waals surface area contributed by atoms with Crippen LogP contribution in [0.1, 0.15) is 30.2 Å². The lowest BCUT2D eigenvalue weighted by molar-refractivity contribution is -0.141. The number of oxime groups is 1. The molecule has 1 amide bonds. The molecule has 3 rings (SSSR count). The summed E-state index contributed by atoms with van der Waals surface area (Å²) in [5, 5.41) is 8.44. The van der Waals surface area contributed by atoms with Gasteiger partial charge in [0.25, 0.3) is 5.91 Å². The van der Waals surface area contributed by atoms with E-state index in [9.17, 15) is 4.79 Å². The summed E-state index contributed by atoms with van der Waals surface area (Å²) in [4.78, 5) is 19.8. The fraction of sp³-hybridized carbons (Fsp3) is 0.421. The van der Waals surface area contributed by atoms with E-state index in [0.717, 1.165) is 34.8 Å². The van der Waals surface area contributed by atoms with Crippen LogP contribution in [0.3, 0.4) is 0 Å². The number of ether oxygens (including phenoxy) is 1. The molecular formula is C19H24N4O3. The highest BCUT2D eigenvalue weighted by Crippen LogP contribution is 2.25. The highest BCUT2D eigenvalue weighted by Gasteiger charge is 2.32. The van der Waals surface area contributed by atoms with Gasteiger partial charge in [-0.25, -0.2) is 0 Å². The Labute approximate surface area is 153 Å². The van der Waals surface area contributed by atoms with E-state index in [-0.39, 0.29) is 5.91 Å². The Morgan fingerprint density at radius 1 is 1.42 bits per heavy atom. The lowest BCUT2D eigenvalue weighted by atomic mass is 10.0. The minimum Gasteiger partial charge on any atom is -0.496 e. The van der Waals surface area contributed by atoms with E-state index in [1.54, 1.807) is 19.1 Å². The molecule has 7 nitrogen and oxygen atoms in total. The van der Waals surface area contributed by atoms with Gasteiger partial charge in [0.2, 0.25) is 6.10 Å². The maximum Gasteiger partial charge on any atom is 0.266 e. The number of likely N-dealkylation sites (N-methyl/N-ethyl adjacent to an activating group) is 1. The molecule has 1 atom stereocenters. The molecule has 138 valence electrons. The zero-order valence-electron chi connectivity index (χ0n) is 15.6. The van der Waals surface area contributed by atoms with E-state index in [4.69, 9.17) is 9.57 Å². The lowest BCUT2D eigenvalue weighted by Gasteiger charge is -2.19. The summed E-state index contributed by atoms with van der Waals surface area (Å²) in [6, 6.07) is 7.59. The average Bonchev–Trinajstić information content (AvgIpc) is 3.28. The number of hydrogen-bond acceptors (Lipinski definition) is 5. The first-order valence-electron chi connectivity index (χ1n) is 8.67. The molecule has 0 fully saturated rings. The summed E-state index contributed by atoms with van der Waals surface area (Å²) >= 11 is 0. The number of benzene rings is 1. The standard InChI is InChI=1S/C19H24N4O3/c1-5-23-13(2)14(11-20-23)12-22(3)19(24)18-10-16(21-26-18)15-8-6-7-9-17(15)25-4/h6-9,11,18H,5,10,12H2,1-4H3. The van der Waals surface area contributed by atoms with E-state index in [0.29, 0.717) is 13.0 Å². The molecule has 1 aromatic carbocycles. The van der Waals surface area contributed by atoms with Gasteiger partial charge in [-0.2, -0.15) is 5.10 Å². The smallest absolute Gasteiger partial charge is 0.266 e. The molecule has 1 aliphatic heterocycles. The van der Waals surface area contributed by atoms with Gasteiger partial charge in [-0.05, 0) is 26.0 Å². The number of methoxy groups -OCH3 is 1. The van der Waals surface area contributed by atoms with Crippen molar-refractivity contribution < 1.29 is 14.4 Å². The molecule has 2 heterocycles. The van der Waals surface area contributed by atoms with Crippen LogP contribution in [-0.4, -0.2) is 46.6 Å². The SMILES string of the molecule is CCn1ncc(CN(C)C(=O)C2CC(c3ccccc3OC)=NO2)c1C. The maximum atomic E-state index is 12.7. The number of carbonyl (C=O) groups is 1. The highest BCUT2D eigenvalue weighted by atomic mass is 16.6. The largest absolute Gasteiger partial charge is 0.496 e. The van der Waals surface area contributed by atoms with Gasteiger partial charge >= 0.3 is 0 Å². The topological polar surface area (TPSA) is 69.0 Å². The van der Waals surface area contributed by atoms with Crippen LogP contribution in [0.25, 0.3) is 0 Å². The van der Waals surface area contributed by atoms with Crippen molar-refractivity contribution in [2.45, 2.75) is 39.5 Å². The first-order valence-corrected chi connectivity index (χ1v) is 8.67. The lowest BCUT2D eigenvalue weighted by Crippen LogP contribution is -2.36. The van der Waals surface area contributed by atoms with Crippen LogP contribution in [0.15, 0.2) is 35.6 Å². The van der Waals surface area contributed by atoms with E-state index >= 15 is 0 Å². The first kappa shape index (κ1) is 18.0. The number of amides is 1. The molecule has 0 bridgehead atoms. The molecule has 0 aliphatic carbocycles. The van der Waals surface area contributed by atoms with Crippen molar-refractivity contribution in [1.82, 2.24) is 14.7 Å². The van der Waals surface area contributed by atoms with Crippen LogP contribution < -0.4 is 4.74 Å². The number of aryl methyl sites for hydroxylation is 1. The van der Waals surface area contributed by atoms with Gasteiger partial charge in [-0.3, -0.25) is 9.48 Å². The second-order valence-electron chi connectivity index (χ2n) is 6.30. The number of aromatic nitrogens is 2. The zero-order chi connectivity index (χ0) is 18.7. The summed E-state index contributed by atoms with van der Waals surface area (Å²) in [5.74, 6) is 0.626. The fourth-order valence-corrected chi connectivity index (χ4v) is 3.09. The summed E-state index contributed by atoms with van der Waals surface area (Å²) in [6.07, 6.45) is 1.63. The van der Waals surface area contributed by atoms with Gasteiger partial charge in [-0.1, -0.05) is 17.3 Å². The average molecular weight is 356 g/mol. The van der Waals surface area contributed by atoms with Gasteiger partial charge in [0.1, 0.15) is 5.75 Å². The first-order chi connectivity index (χ1) is 12.5. The molecule has 0 saturated carbocycles. The van der Waals surface area contributed by atoms with Crippen molar-refractivity contribution in [3.05, 3.63) is 47.3 Å². The van der Waals surface area contributed by atoms with Crippen molar-refractivity contribution in [1.29, 1.82) is 0 Å². The molecule has 7 heteroatoms. The quantitative estimate of drug-likeness (QED) is 0.797. The summed E-state index contributed by atoms with van der Waals surface area (Å²) < 4.78 is 7.28. The highest BCUT2D eigenvalue weighted by molar-refractivity contribution is 6.05. The van der Waals surface area contributed by atoms with Crippen molar-refractivity contribution in [2.75, 3.05) is 14.2 Å². The van der Waals surface area contributed by atoms with Gasteiger partial charge in [0.05, 0.1) is 19.0 Å². The van der Waals surface area contributed by atoms with Gasteiger partial charge < -0.3 is 14.5 Å². The van der Waals surface area contributed by atoms with E-state index in [1.807, 2.05) is 49.0 Å². The molecule has 0 saturated heterocycles. The van der Waals surface area contributed by atoms with Crippen molar-refractivity contribution in [3.8, 4) is 5.75 Å². The molecule has 1 aromatic heterocycles. The second kappa shape index (κ2) is 7.59. The van der Waals surface area contributed by atoms with Crippen molar-refractivity contribution in [2.24, 2.45) is 5.16 Å². The predicted molar refractivity (Wildman–Crippen MR) is 98.1 cm³/mol. The van der Waals surface area contributed by atoms with E-state index in [2.05, 4.69) is 10.3 Å². The molecule has 2 aromatic rings. The fourth-order valence-electron chi connectivity index (χ4n) is 3.09.